The fraction of sp³-hybridized carbons (Fsp3) is 0.417. The maximum absolute atomic E-state index is 11.3. The van der Waals surface area contributed by atoms with Crippen molar-refractivity contribution >= 4 is 38.8 Å². The normalized spacial score (nSPS) is 11.1. The molecule has 0 unspecified atom stereocenters. The number of aryl methyl sites for hydroxylation is 1. The molecule has 2 rings (SSSR count). The van der Waals surface area contributed by atoms with E-state index in [1.54, 1.807) is 18.4 Å². The second-order valence-corrected chi connectivity index (χ2v) is 6.52. The molecule has 0 aliphatic heterocycles. The van der Waals surface area contributed by atoms with E-state index in [0.717, 1.165) is 9.35 Å². The summed E-state index contributed by atoms with van der Waals surface area (Å²) in [5, 5.41) is 20.6. The van der Waals surface area contributed by atoms with Crippen LogP contribution in [0.15, 0.2) is 15.9 Å². The Kier molecular flexibility index (Phi) is 4.44. The van der Waals surface area contributed by atoms with Crippen LogP contribution < -0.4 is 5.32 Å². The van der Waals surface area contributed by atoms with Crippen LogP contribution in [-0.2, 0) is 13.6 Å². The van der Waals surface area contributed by atoms with Crippen LogP contribution in [-0.4, -0.2) is 14.7 Å². The zero-order valence-corrected chi connectivity index (χ0v) is 13.8. The minimum Gasteiger partial charge on any atom is -0.360 e. The zero-order chi connectivity index (χ0) is 14.9. The number of rotatable bonds is 5. The highest BCUT2D eigenvalue weighted by Crippen LogP contribution is 2.33. The Bertz CT molecular complexity index is 635. The van der Waals surface area contributed by atoms with E-state index in [4.69, 9.17) is 0 Å². The van der Waals surface area contributed by atoms with E-state index in [-0.39, 0.29) is 16.5 Å². The summed E-state index contributed by atoms with van der Waals surface area (Å²) in [6.45, 7) is 4.32. The van der Waals surface area contributed by atoms with Crippen LogP contribution >= 0.6 is 27.3 Å². The molecule has 6 nitrogen and oxygen atoms in total. The molecule has 0 spiro atoms. The number of halogens is 1. The van der Waals surface area contributed by atoms with E-state index >= 15 is 0 Å². The van der Waals surface area contributed by atoms with Crippen LogP contribution in [0.4, 0.5) is 11.5 Å². The molecule has 0 saturated heterocycles. The van der Waals surface area contributed by atoms with Crippen LogP contribution in [0.2, 0.25) is 0 Å². The molecule has 108 valence electrons. The second kappa shape index (κ2) is 5.92. The molecule has 0 atom stereocenters. The van der Waals surface area contributed by atoms with Gasteiger partial charge in [-0.1, -0.05) is 13.8 Å². The lowest BCUT2D eigenvalue weighted by Gasteiger charge is -2.05. The highest BCUT2D eigenvalue weighted by molar-refractivity contribution is 9.10. The topological polar surface area (TPSA) is 73.0 Å². The zero-order valence-electron chi connectivity index (χ0n) is 11.4. The second-order valence-electron chi connectivity index (χ2n) is 4.66. The van der Waals surface area contributed by atoms with Gasteiger partial charge in [0, 0.05) is 22.3 Å². The number of hydrogen-bond acceptors (Lipinski definition) is 5. The molecule has 0 bridgehead atoms. The molecule has 0 saturated carbocycles. The standard InChI is InChI=1S/C12H15BrN4O2S/c1-7(2)10-11(17(18)19)12(16(3)15-10)14-6-9-8(13)4-5-20-9/h4-5,7,14H,6H2,1-3H3. The van der Waals surface area contributed by atoms with Crippen LogP contribution in [0.3, 0.4) is 0 Å². The molecule has 0 amide bonds. The number of thiophene rings is 1. The third kappa shape index (κ3) is 2.85. The van der Waals surface area contributed by atoms with E-state index in [1.807, 2.05) is 25.3 Å². The van der Waals surface area contributed by atoms with Gasteiger partial charge in [0.2, 0.25) is 5.82 Å². The first-order valence-electron chi connectivity index (χ1n) is 6.08. The van der Waals surface area contributed by atoms with Gasteiger partial charge < -0.3 is 5.32 Å². The highest BCUT2D eigenvalue weighted by atomic mass is 79.9. The maximum Gasteiger partial charge on any atom is 0.334 e. The average Bonchev–Trinajstić information content (AvgIpc) is 2.90. The number of nitrogens with zero attached hydrogens (tertiary/aromatic N) is 3. The largest absolute Gasteiger partial charge is 0.360 e. The van der Waals surface area contributed by atoms with Crippen molar-refractivity contribution in [1.82, 2.24) is 9.78 Å². The summed E-state index contributed by atoms with van der Waals surface area (Å²) in [5.41, 5.74) is 0.570. The molecule has 2 aromatic rings. The quantitative estimate of drug-likeness (QED) is 0.649. The molecule has 0 radical (unpaired) electrons. The van der Waals surface area contributed by atoms with Crippen molar-refractivity contribution in [1.29, 1.82) is 0 Å². The van der Waals surface area contributed by atoms with E-state index in [0.29, 0.717) is 18.1 Å². The summed E-state index contributed by atoms with van der Waals surface area (Å²) in [7, 11) is 1.71. The summed E-state index contributed by atoms with van der Waals surface area (Å²) in [6, 6.07) is 1.96. The Morgan fingerprint density at radius 3 is 2.80 bits per heavy atom. The fourth-order valence-electron chi connectivity index (χ4n) is 1.92. The maximum atomic E-state index is 11.3. The molecule has 2 aromatic heterocycles. The van der Waals surface area contributed by atoms with Crippen molar-refractivity contribution in [3.63, 3.8) is 0 Å². The molecule has 2 heterocycles. The molecule has 1 N–H and O–H groups in total. The van der Waals surface area contributed by atoms with E-state index in [9.17, 15) is 10.1 Å². The Hall–Kier alpha value is -1.41. The first kappa shape index (κ1) is 15.0. The lowest BCUT2D eigenvalue weighted by molar-refractivity contribution is -0.384. The minimum absolute atomic E-state index is 0.00521. The monoisotopic (exact) mass is 358 g/mol. The van der Waals surface area contributed by atoms with Crippen molar-refractivity contribution in [3.8, 4) is 0 Å². The average molecular weight is 359 g/mol. The smallest absolute Gasteiger partial charge is 0.334 e. The van der Waals surface area contributed by atoms with Crippen LogP contribution in [0.25, 0.3) is 0 Å². The summed E-state index contributed by atoms with van der Waals surface area (Å²) in [4.78, 5) is 12.0. The molecule has 20 heavy (non-hydrogen) atoms. The predicted molar refractivity (Wildman–Crippen MR) is 83.3 cm³/mol. The Morgan fingerprint density at radius 2 is 2.30 bits per heavy atom. The number of anilines is 1. The van der Waals surface area contributed by atoms with Crippen molar-refractivity contribution < 1.29 is 4.92 Å². The van der Waals surface area contributed by atoms with Crippen LogP contribution in [0, 0.1) is 10.1 Å². The van der Waals surface area contributed by atoms with Gasteiger partial charge in [-0.2, -0.15) is 5.10 Å². The Morgan fingerprint density at radius 1 is 1.60 bits per heavy atom. The molecule has 0 aliphatic carbocycles. The van der Waals surface area contributed by atoms with Gasteiger partial charge in [0.1, 0.15) is 5.69 Å². The molecule has 0 aromatic carbocycles. The number of nitrogens with one attached hydrogen (secondary N) is 1. The Labute approximate surface area is 129 Å². The van der Waals surface area contributed by atoms with Gasteiger partial charge in [0.05, 0.1) is 11.5 Å². The van der Waals surface area contributed by atoms with Crippen LogP contribution in [0.5, 0.6) is 0 Å². The number of nitro groups is 1. The first-order valence-corrected chi connectivity index (χ1v) is 7.76. The van der Waals surface area contributed by atoms with E-state index in [1.165, 1.54) is 4.68 Å². The van der Waals surface area contributed by atoms with Gasteiger partial charge in [-0.15, -0.1) is 11.3 Å². The molecule has 0 fully saturated rings. The van der Waals surface area contributed by atoms with Gasteiger partial charge >= 0.3 is 5.69 Å². The lowest BCUT2D eigenvalue weighted by atomic mass is 10.1. The SMILES string of the molecule is CC(C)c1nn(C)c(NCc2sccc2Br)c1[N+](=O)[O-]. The molecule has 8 heteroatoms. The third-order valence-electron chi connectivity index (χ3n) is 2.89. The fourth-order valence-corrected chi connectivity index (χ4v) is 3.35. The molecular weight excluding hydrogens is 344 g/mol. The minimum atomic E-state index is -0.367. The van der Waals surface area contributed by atoms with Crippen molar-refractivity contribution in [2.45, 2.75) is 26.3 Å². The molecular formula is C12H15BrN4O2S. The summed E-state index contributed by atoms with van der Waals surface area (Å²) in [6.07, 6.45) is 0. The number of aromatic nitrogens is 2. The van der Waals surface area contributed by atoms with Gasteiger partial charge in [-0.25, -0.2) is 4.68 Å². The van der Waals surface area contributed by atoms with Crippen molar-refractivity contribution in [2.75, 3.05) is 5.32 Å². The van der Waals surface area contributed by atoms with Gasteiger partial charge in [0.15, 0.2) is 0 Å². The Balaban J connectivity index is 2.31. The third-order valence-corrected chi connectivity index (χ3v) is 4.81. The van der Waals surface area contributed by atoms with Crippen molar-refractivity contribution in [2.24, 2.45) is 7.05 Å². The number of hydrogen-bond donors (Lipinski definition) is 1. The van der Waals surface area contributed by atoms with Crippen molar-refractivity contribution in [3.05, 3.63) is 36.6 Å². The highest BCUT2D eigenvalue weighted by Gasteiger charge is 2.28. The van der Waals surface area contributed by atoms with Gasteiger partial charge in [-0.05, 0) is 27.4 Å². The first-order chi connectivity index (χ1) is 9.41. The molecule has 0 aliphatic rings. The van der Waals surface area contributed by atoms with E-state index < -0.39 is 0 Å². The van der Waals surface area contributed by atoms with Crippen LogP contribution in [0.1, 0.15) is 30.3 Å². The summed E-state index contributed by atoms with van der Waals surface area (Å²) < 4.78 is 2.54. The lowest BCUT2D eigenvalue weighted by Crippen LogP contribution is -2.05. The predicted octanol–water partition coefficient (Wildman–Crippen LogP) is 3.89. The summed E-state index contributed by atoms with van der Waals surface area (Å²) in [5.74, 6) is 0.449. The van der Waals surface area contributed by atoms with Gasteiger partial charge in [-0.3, -0.25) is 10.1 Å². The van der Waals surface area contributed by atoms with E-state index in [2.05, 4.69) is 26.3 Å². The summed E-state index contributed by atoms with van der Waals surface area (Å²) >= 11 is 5.04. The van der Waals surface area contributed by atoms with Gasteiger partial charge in [0.25, 0.3) is 0 Å².